The Balaban J connectivity index is 0.00000225. The lowest BCUT2D eigenvalue weighted by molar-refractivity contribution is -0.137. The molecule has 0 radical (unpaired) electrons. The number of halogens is 4. The van der Waals surface area contributed by atoms with Crippen LogP contribution in [-0.4, -0.2) is 47.0 Å². The van der Waals surface area contributed by atoms with Gasteiger partial charge in [-0.3, -0.25) is 10.1 Å². The van der Waals surface area contributed by atoms with Crippen LogP contribution in [0.5, 0.6) is 0 Å². The van der Waals surface area contributed by atoms with Gasteiger partial charge in [-0.05, 0) is 18.2 Å². The van der Waals surface area contributed by atoms with Crippen molar-refractivity contribution in [3.05, 3.63) is 34.8 Å². The minimum Gasteiger partial charge on any atom is -0.423 e. The number of carbonyl (C=O) groups excluding carboxylic acids is 1. The first-order chi connectivity index (χ1) is 12.9. The predicted molar refractivity (Wildman–Crippen MR) is 100 cm³/mol. The second-order valence-electron chi connectivity index (χ2n) is 5.90. The van der Waals surface area contributed by atoms with Crippen molar-refractivity contribution in [2.75, 3.05) is 31.5 Å². The lowest BCUT2D eigenvalue weighted by atomic mass is 10.2. The quantitative estimate of drug-likeness (QED) is 0.657. The van der Waals surface area contributed by atoms with E-state index in [0.717, 1.165) is 25.2 Å². The van der Waals surface area contributed by atoms with Crippen molar-refractivity contribution < 1.29 is 22.4 Å². The van der Waals surface area contributed by atoms with Gasteiger partial charge in [-0.2, -0.15) is 18.2 Å². The van der Waals surface area contributed by atoms with Gasteiger partial charge in [-0.1, -0.05) is 0 Å². The summed E-state index contributed by atoms with van der Waals surface area (Å²) in [5.74, 6) is -0.159. The van der Waals surface area contributed by atoms with E-state index in [1.165, 1.54) is 17.4 Å². The van der Waals surface area contributed by atoms with Gasteiger partial charge in [0.05, 0.1) is 5.56 Å². The highest BCUT2D eigenvalue weighted by Crippen LogP contribution is 2.32. The Morgan fingerprint density at radius 3 is 2.71 bits per heavy atom. The Labute approximate surface area is 167 Å². The summed E-state index contributed by atoms with van der Waals surface area (Å²) in [6, 6.07) is 3.09. The number of aromatic nitrogens is 2. The smallest absolute Gasteiger partial charge is 0.416 e. The predicted octanol–water partition coefficient (Wildman–Crippen LogP) is 3.51. The number of fused-ring (bicyclic) bond motifs is 1. The van der Waals surface area contributed by atoms with Crippen LogP contribution >= 0.6 is 23.7 Å². The molecule has 2 N–H and O–H groups in total. The fourth-order valence-electron chi connectivity index (χ4n) is 2.71. The summed E-state index contributed by atoms with van der Waals surface area (Å²) in [5, 5.41) is 7.96. The van der Waals surface area contributed by atoms with E-state index < -0.39 is 11.7 Å². The molecule has 0 spiro atoms. The molecule has 0 atom stereocenters. The Morgan fingerprint density at radius 1 is 1.25 bits per heavy atom. The van der Waals surface area contributed by atoms with Gasteiger partial charge in [0.2, 0.25) is 0 Å². The van der Waals surface area contributed by atoms with Crippen LogP contribution in [0.25, 0.3) is 11.1 Å². The molecule has 1 aliphatic rings. The number of carbonyl (C=O) groups is 1. The SMILES string of the molecule is Cl.O=C(c1csc(Nc2nc3cc(C(F)(F)F)ccc3o2)n1)N1CCNCC1. The van der Waals surface area contributed by atoms with Crippen molar-refractivity contribution in [1.82, 2.24) is 20.2 Å². The number of nitrogens with one attached hydrogen (secondary N) is 2. The molecule has 0 aliphatic carbocycles. The van der Waals surface area contributed by atoms with E-state index >= 15 is 0 Å². The lowest BCUT2D eigenvalue weighted by Crippen LogP contribution is -2.46. The monoisotopic (exact) mass is 433 g/mol. The van der Waals surface area contributed by atoms with Gasteiger partial charge in [0.15, 0.2) is 10.7 Å². The Morgan fingerprint density at radius 2 is 2.00 bits per heavy atom. The molecule has 1 aromatic carbocycles. The number of rotatable bonds is 3. The van der Waals surface area contributed by atoms with Crippen molar-refractivity contribution >= 4 is 51.9 Å². The molecule has 1 aliphatic heterocycles. The molecule has 3 heterocycles. The normalized spacial score (nSPS) is 14.8. The van der Waals surface area contributed by atoms with Crippen LogP contribution in [0.3, 0.4) is 0 Å². The molecule has 1 fully saturated rings. The summed E-state index contributed by atoms with van der Waals surface area (Å²) in [4.78, 5) is 22.4. The molecule has 3 aromatic rings. The number of hydrogen-bond acceptors (Lipinski definition) is 7. The fraction of sp³-hybridized carbons (Fsp3) is 0.312. The first kappa shape index (κ1) is 20.4. The molecule has 0 unspecified atom stereocenters. The van der Waals surface area contributed by atoms with E-state index in [4.69, 9.17) is 4.42 Å². The lowest BCUT2D eigenvalue weighted by Gasteiger charge is -2.26. The number of benzene rings is 1. The van der Waals surface area contributed by atoms with Crippen molar-refractivity contribution in [3.8, 4) is 0 Å². The second kappa shape index (κ2) is 7.94. The number of nitrogens with zero attached hydrogens (tertiary/aromatic N) is 3. The summed E-state index contributed by atoms with van der Waals surface area (Å²) in [7, 11) is 0. The largest absolute Gasteiger partial charge is 0.423 e. The third kappa shape index (κ3) is 4.21. The maximum absolute atomic E-state index is 12.8. The summed E-state index contributed by atoms with van der Waals surface area (Å²) >= 11 is 1.19. The third-order valence-electron chi connectivity index (χ3n) is 4.06. The Bertz CT molecular complexity index is 984. The number of alkyl halides is 3. The minimum atomic E-state index is -4.45. The summed E-state index contributed by atoms with van der Waals surface area (Å²) < 4.78 is 43.7. The molecular formula is C16H15ClF3N5O2S. The number of hydrogen-bond donors (Lipinski definition) is 2. The molecule has 4 rings (SSSR count). The van der Waals surface area contributed by atoms with Crippen LogP contribution < -0.4 is 10.6 Å². The van der Waals surface area contributed by atoms with Crippen molar-refractivity contribution in [2.24, 2.45) is 0 Å². The first-order valence-corrected chi connectivity index (χ1v) is 8.98. The molecule has 1 amide bonds. The molecule has 0 bridgehead atoms. The van der Waals surface area contributed by atoms with Gasteiger partial charge < -0.3 is 14.6 Å². The fourth-order valence-corrected chi connectivity index (χ4v) is 3.38. The number of amides is 1. The standard InChI is InChI=1S/C16H14F3N5O2S.ClH/c17-16(18,19)9-1-2-12-10(7-9)21-14(26-12)23-15-22-11(8-27-15)13(25)24-5-3-20-4-6-24;/h1-2,7-8,20H,3-6H2,(H,21,22,23);1H. The number of anilines is 2. The van der Waals surface area contributed by atoms with Crippen molar-refractivity contribution in [2.45, 2.75) is 6.18 Å². The zero-order valence-corrected chi connectivity index (χ0v) is 15.9. The maximum Gasteiger partial charge on any atom is 0.416 e. The molecule has 28 heavy (non-hydrogen) atoms. The maximum atomic E-state index is 12.8. The van der Waals surface area contributed by atoms with E-state index in [2.05, 4.69) is 20.6 Å². The van der Waals surface area contributed by atoms with E-state index in [9.17, 15) is 18.0 Å². The third-order valence-corrected chi connectivity index (χ3v) is 4.81. The molecule has 150 valence electrons. The molecule has 1 saturated heterocycles. The number of piperazine rings is 1. The van der Waals surface area contributed by atoms with Crippen molar-refractivity contribution in [3.63, 3.8) is 0 Å². The molecule has 2 aromatic heterocycles. The highest BCUT2D eigenvalue weighted by molar-refractivity contribution is 7.14. The highest BCUT2D eigenvalue weighted by Gasteiger charge is 2.31. The Hall–Kier alpha value is -2.37. The van der Waals surface area contributed by atoms with Crippen LogP contribution in [-0.2, 0) is 6.18 Å². The van der Waals surface area contributed by atoms with Gasteiger partial charge in [0.25, 0.3) is 5.91 Å². The van der Waals surface area contributed by atoms with Crippen LogP contribution in [0.1, 0.15) is 16.1 Å². The van der Waals surface area contributed by atoms with Crippen LogP contribution in [0.15, 0.2) is 28.0 Å². The highest BCUT2D eigenvalue weighted by atomic mass is 35.5. The molecule has 7 nitrogen and oxygen atoms in total. The van der Waals surface area contributed by atoms with E-state index in [0.29, 0.717) is 23.9 Å². The number of oxazole rings is 1. The van der Waals surface area contributed by atoms with Gasteiger partial charge in [-0.25, -0.2) is 4.98 Å². The van der Waals surface area contributed by atoms with Gasteiger partial charge in [-0.15, -0.1) is 23.7 Å². The van der Waals surface area contributed by atoms with E-state index in [-0.39, 0.29) is 35.4 Å². The zero-order valence-electron chi connectivity index (χ0n) is 14.2. The average Bonchev–Trinajstić information content (AvgIpc) is 3.27. The first-order valence-electron chi connectivity index (χ1n) is 8.10. The van der Waals surface area contributed by atoms with Crippen LogP contribution in [0.2, 0.25) is 0 Å². The van der Waals surface area contributed by atoms with Gasteiger partial charge in [0, 0.05) is 31.6 Å². The average molecular weight is 434 g/mol. The Kier molecular flexibility index (Phi) is 5.77. The number of thiazole rings is 1. The molecular weight excluding hydrogens is 419 g/mol. The van der Waals surface area contributed by atoms with Crippen molar-refractivity contribution in [1.29, 1.82) is 0 Å². The summed E-state index contributed by atoms with van der Waals surface area (Å²) in [5.41, 5.74) is -0.187. The molecule has 0 saturated carbocycles. The minimum absolute atomic E-state index is 0. The summed E-state index contributed by atoms with van der Waals surface area (Å²) in [6.07, 6.45) is -4.45. The van der Waals surface area contributed by atoms with Gasteiger partial charge in [0.1, 0.15) is 11.2 Å². The van der Waals surface area contributed by atoms with E-state index in [1.54, 1.807) is 10.3 Å². The van der Waals surface area contributed by atoms with Crippen LogP contribution in [0, 0.1) is 0 Å². The molecule has 12 heteroatoms. The van der Waals surface area contributed by atoms with Gasteiger partial charge >= 0.3 is 12.2 Å². The zero-order chi connectivity index (χ0) is 19.0. The summed E-state index contributed by atoms with van der Waals surface area (Å²) in [6.45, 7) is 2.71. The topological polar surface area (TPSA) is 83.3 Å². The van der Waals surface area contributed by atoms with Crippen LogP contribution in [0.4, 0.5) is 24.3 Å². The van der Waals surface area contributed by atoms with E-state index in [1.807, 2.05) is 0 Å². The second-order valence-corrected chi connectivity index (χ2v) is 6.76.